The number of sulfonamides is 1. The number of aliphatic carboxylic acids is 1. The third kappa shape index (κ3) is 4.71. The summed E-state index contributed by atoms with van der Waals surface area (Å²) in [5.74, 6) is -1.10. The number of aryl methyl sites for hydroxylation is 1. The van der Waals surface area contributed by atoms with Crippen LogP contribution in [0.25, 0.3) is 0 Å². The minimum absolute atomic E-state index is 0.0665. The molecule has 0 aliphatic rings. The summed E-state index contributed by atoms with van der Waals surface area (Å²) in [7, 11) is -0.232. The molecule has 0 spiro atoms. The largest absolute Gasteiger partial charge is 0.480 e. The number of nitrogens with one attached hydrogen (secondary N) is 1. The van der Waals surface area contributed by atoms with Crippen LogP contribution in [-0.4, -0.2) is 39.6 Å². The minimum Gasteiger partial charge on any atom is -0.480 e. The van der Waals surface area contributed by atoms with E-state index in [9.17, 15) is 18.3 Å². The topological polar surface area (TPSA) is 86.7 Å². The molecule has 0 radical (unpaired) electrons. The summed E-state index contributed by atoms with van der Waals surface area (Å²) in [5, 5.41) is 9.18. The van der Waals surface area contributed by atoms with E-state index in [1.807, 2.05) is 39.8 Å². The molecule has 0 aromatic heterocycles. The van der Waals surface area contributed by atoms with Gasteiger partial charge in [0.25, 0.3) is 0 Å². The number of carboxylic acids is 1. The summed E-state index contributed by atoms with van der Waals surface area (Å²) in [4.78, 5) is 13.1. The second kappa shape index (κ2) is 7.11. The third-order valence-electron chi connectivity index (χ3n) is 3.28. The van der Waals surface area contributed by atoms with Crippen LogP contribution in [-0.2, 0) is 14.8 Å². The molecule has 124 valence electrons. The van der Waals surface area contributed by atoms with Crippen LogP contribution in [0.4, 0.5) is 5.69 Å². The zero-order valence-corrected chi connectivity index (χ0v) is 14.4. The third-order valence-corrected chi connectivity index (χ3v) is 4.74. The van der Waals surface area contributed by atoms with Crippen molar-refractivity contribution in [3.8, 4) is 0 Å². The summed E-state index contributed by atoms with van der Waals surface area (Å²) in [5.41, 5.74) is 1.72. The van der Waals surface area contributed by atoms with Crippen molar-refractivity contribution in [1.82, 2.24) is 4.72 Å². The zero-order valence-electron chi connectivity index (χ0n) is 13.6. The van der Waals surface area contributed by atoms with E-state index < -0.39 is 22.0 Å². The SMILES string of the molecule is Cc1ccc(S(=O)(=O)N[C@@H](CC(C)C)C(=O)O)cc1N(C)C. The Morgan fingerprint density at radius 2 is 1.91 bits per heavy atom. The highest BCUT2D eigenvalue weighted by atomic mass is 32.2. The lowest BCUT2D eigenvalue weighted by Gasteiger charge is -2.19. The molecule has 1 atom stereocenters. The van der Waals surface area contributed by atoms with Crippen molar-refractivity contribution in [1.29, 1.82) is 0 Å². The van der Waals surface area contributed by atoms with E-state index in [2.05, 4.69) is 4.72 Å². The van der Waals surface area contributed by atoms with E-state index in [0.29, 0.717) is 0 Å². The van der Waals surface area contributed by atoms with Gasteiger partial charge in [0.2, 0.25) is 10.0 Å². The van der Waals surface area contributed by atoms with Crippen LogP contribution in [0.5, 0.6) is 0 Å². The lowest BCUT2D eigenvalue weighted by Crippen LogP contribution is -2.41. The first kappa shape index (κ1) is 18.4. The van der Waals surface area contributed by atoms with E-state index >= 15 is 0 Å². The first-order valence-corrected chi connectivity index (χ1v) is 8.56. The van der Waals surface area contributed by atoms with E-state index in [1.165, 1.54) is 6.07 Å². The molecule has 0 aliphatic carbocycles. The molecule has 1 rings (SSSR count). The van der Waals surface area contributed by atoms with Gasteiger partial charge in [0.05, 0.1) is 4.90 Å². The Morgan fingerprint density at radius 3 is 2.36 bits per heavy atom. The molecule has 0 saturated heterocycles. The average Bonchev–Trinajstić information content (AvgIpc) is 2.36. The van der Waals surface area contributed by atoms with Gasteiger partial charge in [-0.1, -0.05) is 19.9 Å². The van der Waals surface area contributed by atoms with Crippen molar-refractivity contribution in [3.63, 3.8) is 0 Å². The Labute approximate surface area is 132 Å². The fraction of sp³-hybridized carbons (Fsp3) is 0.533. The van der Waals surface area contributed by atoms with Crippen LogP contribution in [0.2, 0.25) is 0 Å². The van der Waals surface area contributed by atoms with Crippen LogP contribution >= 0.6 is 0 Å². The highest BCUT2D eigenvalue weighted by molar-refractivity contribution is 7.89. The molecule has 0 aliphatic heterocycles. The number of hydrogen-bond acceptors (Lipinski definition) is 4. The number of anilines is 1. The first-order chi connectivity index (χ1) is 10.0. The molecule has 0 unspecified atom stereocenters. The predicted molar refractivity (Wildman–Crippen MR) is 86.7 cm³/mol. The summed E-state index contributed by atoms with van der Waals surface area (Å²) in [6, 6.07) is 3.61. The second-order valence-corrected chi connectivity index (χ2v) is 7.70. The molecule has 7 heteroatoms. The smallest absolute Gasteiger partial charge is 0.321 e. The van der Waals surface area contributed by atoms with Crippen molar-refractivity contribution in [2.45, 2.75) is 38.1 Å². The van der Waals surface area contributed by atoms with Crippen LogP contribution in [0.3, 0.4) is 0 Å². The maximum atomic E-state index is 12.4. The van der Waals surface area contributed by atoms with Gasteiger partial charge in [0.15, 0.2) is 0 Å². The fourth-order valence-corrected chi connectivity index (χ4v) is 3.39. The highest BCUT2D eigenvalue weighted by Crippen LogP contribution is 2.22. The van der Waals surface area contributed by atoms with Crippen molar-refractivity contribution < 1.29 is 18.3 Å². The quantitative estimate of drug-likeness (QED) is 0.797. The van der Waals surface area contributed by atoms with Crippen LogP contribution in [0, 0.1) is 12.8 Å². The summed E-state index contributed by atoms with van der Waals surface area (Å²) in [6.45, 7) is 5.58. The van der Waals surface area contributed by atoms with E-state index in [1.54, 1.807) is 12.1 Å². The maximum absolute atomic E-state index is 12.4. The van der Waals surface area contributed by atoms with Crippen LogP contribution < -0.4 is 9.62 Å². The fourth-order valence-electron chi connectivity index (χ4n) is 2.16. The van der Waals surface area contributed by atoms with Gasteiger partial charge < -0.3 is 10.0 Å². The Morgan fingerprint density at radius 1 is 1.32 bits per heavy atom. The molecule has 0 fully saturated rings. The van der Waals surface area contributed by atoms with E-state index in [4.69, 9.17) is 0 Å². The van der Waals surface area contributed by atoms with Crippen LogP contribution in [0.1, 0.15) is 25.8 Å². The minimum atomic E-state index is -3.88. The van der Waals surface area contributed by atoms with Gasteiger partial charge in [-0.15, -0.1) is 0 Å². The van der Waals surface area contributed by atoms with Crippen molar-refractivity contribution in [2.75, 3.05) is 19.0 Å². The molecule has 6 nitrogen and oxygen atoms in total. The lowest BCUT2D eigenvalue weighted by atomic mass is 10.1. The average molecular weight is 328 g/mol. The lowest BCUT2D eigenvalue weighted by molar-refractivity contribution is -0.139. The summed E-state index contributed by atoms with van der Waals surface area (Å²) in [6.07, 6.45) is 0.237. The molecule has 1 aromatic rings. The number of nitrogens with zero attached hydrogens (tertiary/aromatic N) is 1. The molecule has 2 N–H and O–H groups in total. The van der Waals surface area contributed by atoms with Gasteiger partial charge in [0, 0.05) is 19.8 Å². The number of carboxylic acid groups (broad SMARTS) is 1. The maximum Gasteiger partial charge on any atom is 0.321 e. The Hall–Kier alpha value is -1.60. The molecule has 1 aromatic carbocycles. The Balaban J connectivity index is 3.13. The van der Waals surface area contributed by atoms with Gasteiger partial charge in [0.1, 0.15) is 6.04 Å². The molecular weight excluding hydrogens is 304 g/mol. The number of carbonyl (C=O) groups is 1. The Bertz CT molecular complexity index is 639. The second-order valence-electron chi connectivity index (χ2n) is 5.98. The van der Waals surface area contributed by atoms with Gasteiger partial charge >= 0.3 is 5.97 Å². The summed E-state index contributed by atoms with van der Waals surface area (Å²) >= 11 is 0. The highest BCUT2D eigenvalue weighted by Gasteiger charge is 2.26. The molecule has 22 heavy (non-hydrogen) atoms. The molecule has 0 bridgehead atoms. The standard InChI is InChI=1S/C15H24N2O4S/c1-10(2)8-13(15(18)19)16-22(20,21)12-7-6-11(3)14(9-12)17(4)5/h6-7,9-10,13,16H,8H2,1-5H3,(H,18,19)/t13-/m0/s1. The molecular formula is C15H24N2O4S. The van der Waals surface area contributed by atoms with Gasteiger partial charge in [-0.05, 0) is 37.0 Å². The van der Waals surface area contributed by atoms with Crippen molar-refractivity contribution in [2.24, 2.45) is 5.92 Å². The number of rotatable bonds is 7. The predicted octanol–water partition coefficient (Wildman–Crippen LogP) is 1.84. The van der Waals surface area contributed by atoms with Gasteiger partial charge in [-0.2, -0.15) is 4.72 Å². The number of benzene rings is 1. The number of hydrogen-bond donors (Lipinski definition) is 2. The zero-order chi connectivity index (χ0) is 17.1. The van der Waals surface area contributed by atoms with Gasteiger partial charge in [-0.25, -0.2) is 8.42 Å². The normalized spacial score (nSPS) is 13.2. The molecule has 0 amide bonds. The summed E-state index contributed by atoms with van der Waals surface area (Å²) < 4.78 is 27.1. The van der Waals surface area contributed by atoms with Gasteiger partial charge in [-0.3, -0.25) is 4.79 Å². The first-order valence-electron chi connectivity index (χ1n) is 7.07. The molecule has 0 heterocycles. The Kier molecular flexibility index (Phi) is 5.96. The van der Waals surface area contributed by atoms with Crippen LogP contribution in [0.15, 0.2) is 23.1 Å². The van der Waals surface area contributed by atoms with E-state index in [0.717, 1.165) is 11.3 Å². The van der Waals surface area contributed by atoms with Crippen molar-refractivity contribution in [3.05, 3.63) is 23.8 Å². The van der Waals surface area contributed by atoms with Crippen molar-refractivity contribution >= 4 is 21.7 Å². The monoisotopic (exact) mass is 328 g/mol. The molecule has 0 saturated carbocycles. The van der Waals surface area contributed by atoms with E-state index in [-0.39, 0.29) is 17.2 Å².